The standard InChI is InChI=1S/C36H56O5/c1-11-22(2)29(38)41-28-21-31(3,4)20-24-23-12-13-26-33(7)16-15-27(37)32(5,6)25(33)14-17-35(26,9)34(23,8)18-19-36(24,28)30(39)40-10/h12,22,24-26,28H,11,13-21H2,1-10H3/t22-,24-,25-,26+,28+,33-,34+,35+,36-/m0/s1. The van der Waals surface area contributed by atoms with Crippen LogP contribution in [0.25, 0.3) is 0 Å². The predicted molar refractivity (Wildman–Crippen MR) is 161 cm³/mol. The number of allylic oxidation sites excluding steroid dienone is 2. The molecule has 5 aliphatic carbocycles. The molecule has 5 nitrogen and oxygen atoms in total. The molecule has 0 unspecified atom stereocenters. The highest BCUT2D eigenvalue weighted by molar-refractivity contribution is 5.85. The Balaban J connectivity index is 1.61. The first kappa shape index (κ1) is 30.8. The quantitative estimate of drug-likeness (QED) is 0.253. The molecule has 0 aromatic rings. The number of rotatable bonds is 4. The topological polar surface area (TPSA) is 69.7 Å². The maximum absolute atomic E-state index is 14.0. The summed E-state index contributed by atoms with van der Waals surface area (Å²) < 4.78 is 11.9. The molecule has 0 bridgehead atoms. The molecule has 41 heavy (non-hydrogen) atoms. The van der Waals surface area contributed by atoms with Crippen molar-refractivity contribution in [3.63, 3.8) is 0 Å². The van der Waals surface area contributed by atoms with Crippen LogP contribution in [0.2, 0.25) is 0 Å². The van der Waals surface area contributed by atoms with Crippen molar-refractivity contribution in [1.29, 1.82) is 0 Å². The van der Waals surface area contributed by atoms with Crippen LogP contribution >= 0.6 is 0 Å². The Kier molecular flexibility index (Phi) is 7.27. The second kappa shape index (κ2) is 9.68. The van der Waals surface area contributed by atoms with Gasteiger partial charge in [0.1, 0.15) is 17.3 Å². The minimum atomic E-state index is -0.845. The summed E-state index contributed by atoms with van der Waals surface area (Å²) in [5.74, 6) is 0.719. The maximum atomic E-state index is 14.0. The van der Waals surface area contributed by atoms with E-state index in [-0.39, 0.29) is 50.8 Å². The first-order chi connectivity index (χ1) is 18.9. The zero-order chi connectivity index (χ0) is 30.4. The fourth-order valence-corrected chi connectivity index (χ4v) is 11.3. The summed E-state index contributed by atoms with van der Waals surface area (Å²) in [6.45, 7) is 20.4. The van der Waals surface area contributed by atoms with Gasteiger partial charge < -0.3 is 9.47 Å². The Hall–Kier alpha value is -1.65. The molecule has 0 aromatic carbocycles. The summed E-state index contributed by atoms with van der Waals surface area (Å²) in [5, 5.41) is 0. The van der Waals surface area contributed by atoms with Gasteiger partial charge in [-0.1, -0.05) is 74.0 Å². The lowest BCUT2D eigenvalue weighted by Crippen LogP contribution is -2.66. The largest absolute Gasteiger partial charge is 0.468 e. The normalized spacial score (nSPS) is 45.1. The minimum Gasteiger partial charge on any atom is -0.468 e. The second-order valence-corrected chi connectivity index (χ2v) is 16.8. The number of ketones is 1. The van der Waals surface area contributed by atoms with Crippen LogP contribution in [0.1, 0.15) is 127 Å². The molecule has 0 saturated heterocycles. The zero-order valence-corrected chi connectivity index (χ0v) is 27.6. The molecule has 4 fully saturated rings. The number of methoxy groups -OCH3 is 1. The van der Waals surface area contributed by atoms with E-state index in [1.54, 1.807) is 0 Å². The number of carbonyl (C=O) groups excluding carboxylic acids is 3. The van der Waals surface area contributed by atoms with Gasteiger partial charge in [-0.25, -0.2) is 0 Å². The van der Waals surface area contributed by atoms with E-state index in [1.165, 1.54) is 12.7 Å². The van der Waals surface area contributed by atoms with Crippen molar-refractivity contribution in [2.75, 3.05) is 7.11 Å². The first-order valence-corrected chi connectivity index (χ1v) is 16.5. The fraction of sp³-hybridized carbons (Fsp3) is 0.861. The van der Waals surface area contributed by atoms with Crippen LogP contribution in [0.15, 0.2) is 11.6 Å². The van der Waals surface area contributed by atoms with Gasteiger partial charge in [-0.15, -0.1) is 0 Å². The molecular formula is C36H56O5. The summed E-state index contributed by atoms with van der Waals surface area (Å²) in [6.07, 6.45) is 10.7. The van der Waals surface area contributed by atoms with Gasteiger partial charge >= 0.3 is 11.9 Å². The van der Waals surface area contributed by atoms with Crippen LogP contribution in [-0.2, 0) is 23.9 Å². The summed E-state index contributed by atoms with van der Waals surface area (Å²) >= 11 is 0. The summed E-state index contributed by atoms with van der Waals surface area (Å²) in [4.78, 5) is 40.2. The number of hydrogen-bond acceptors (Lipinski definition) is 5. The van der Waals surface area contributed by atoms with Gasteiger partial charge in [0.2, 0.25) is 0 Å². The third-order valence-electron chi connectivity index (χ3n) is 14.2. The summed E-state index contributed by atoms with van der Waals surface area (Å²) in [6, 6.07) is 0. The monoisotopic (exact) mass is 568 g/mol. The van der Waals surface area contributed by atoms with Crippen LogP contribution in [0, 0.1) is 56.2 Å². The molecule has 0 amide bonds. The molecule has 0 heterocycles. The molecule has 230 valence electrons. The maximum Gasteiger partial charge on any atom is 0.316 e. The van der Waals surface area contributed by atoms with Crippen molar-refractivity contribution < 1.29 is 23.9 Å². The van der Waals surface area contributed by atoms with Gasteiger partial charge in [-0.05, 0) is 91.3 Å². The highest BCUT2D eigenvalue weighted by Gasteiger charge is 2.71. The van der Waals surface area contributed by atoms with Crippen molar-refractivity contribution in [3.05, 3.63) is 11.6 Å². The van der Waals surface area contributed by atoms with Crippen molar-refractivity contribution in [2.45, 2.75) is 133 Å². The number of esters is 2. The smallest absolute Gasteiger partial charge is 0.316 e. The predicted octanol–water partition coefficient (Wildman–Crippen LogP) is 8.10. The fourth-order valence-electron chi connectivity index (χ4n) is 11.3. The lowest BCUT2D eigenvalue weighted by atomic mass is 9.33. The van der Waals surface area contributed by atoms with E-state index in [4.69, 9.17) is 9.47 Å². The SMILES string of the molecule is CC[C@H](C)C(=O)O[C@@H]1CC(C)(C)C[C@H]2C3=CC[C@@H]4[C@@]5(C)CCC(=O)C(C)(C)[C@@H]5CC[C@@]4(C)[C@]3(C)CC[C@@]12C(=O)OC. The first-order valence-electron chi connectivity index (χ1n) is 16.5. The van der Waals surface area contributed by atoms with Crippen LogP contribution in [-0.4, -0.2) is 30.9 Å². The van der Waals surface area contributed by atoms with E-state index in [0.717, 1.165) is 38.5 Å². The Morgan fingerprint density at radius 1 is 0.976 bits per heavy atom. The van der Waals surface area contributed by atoms with Crippen molar-refractivity contribution >= 4 is 17.7 Å². The van der Waals surface area contributed by atoms with E-state index in [2.05, 4.69) is 54.5 Å². The molecule has 5 rings (SSSR count). The number of Topliss-reactive ketones (excluding diaryl/α,β-unsaturated/α-hetero) is 1. The second-order valence-electron chi connectivity index (χ2n) is 16.8. The van der Waals surface area contributed by atoms with Gasteiger partial charge in [0.15, 0.2) is 0 Å². The van der Waals surface area contributed by atoms with E-state index in [1.807, 2.05) is 13.8 Å². The van der Waals surface area contributed by atoms with Gasteiger partial charge in [-0.3, -0.25) is 14.4 Å². The molecular weight excluding hydrogens is 512 g/mol. The van der Waals surface area contributed by atoms with Crippen LogP contribution in [0.4, 0.5) is 0 Å². The average Bonchev–Trinajstić information content (AvgIpc) is 2.90. The Bertz CT molecular complexity index is 1150. The molecule has 4 saturated carbocycles. The lowest BCUT2D eigenvalue weighted by molar-refractivity contribution is -0.209. The highest BCUT2D eigenvalue weighted by atomic mass is 16.6. The Labute approximate surface area is 249 Å². The number of fused-ring (bicyclic) bond motifs is 7. The van der Waals surface area contributed by atoms with E-state index < -0.39 is 11.5 Å². The van der Waals surface area contributed by atoms with E-state index in [9.17, 15) is 14.4 Å². The van der Waals surface area contributed by atoms with Crippen LogP contribution in [0.3, 0.4) is 0 Å². The van der Waals surface area contributed by atoms with Crippen molar-refractivity contribution in [1.82, 2.24) is 0 Å². The third kappa shape index (κ3) is 4.09. The van der Waals surface area contributed by atoms with Gasteiger partial charge in [-0.2, -0.15) is 0 Å². The van der Waals surface area contributed by atoms with Crippen LogP contribution < -0.4 is 0 Å². The zero-order valence-electron chi connectivity index (χ0n) is 27.6. The molecule has 0 aliphatic heterocycles. The van der Waals surface area contributed by atoms with Crippen molar-refractivity contribution in [3.8, 4) is 0 Å². The molecule has 0 aromatic heterocycles. The summed E-state index contributed by atoms with van der Waals surface area (Å²) in [7, 11) is 1.50. The molecule has 9 atom stereocenters. The average molecular weight is 569 g/mol. The van der Waals surface area contributed by atoms with Gasteiger partial charge in [0.05, 0.1) is 13.0 Å². The molecule has 5 aliphatic rings. The van der Waals surface area contributed by atoms with Crippen molar-refractivity contribution in [2.24, 2.45) is 56.2 Å². The Morgan fingerprint density at radius 2 is 1.66 bits per heavy atom. The minimum absolute atomic E-state index is 0.0140. The van der Waals surface area contributed by atoms with Gasteiger partial charge in [0.25, 0.3) is 0 Å². The number of hydrogen-bond donors (Lipinski definition) is 0. The Morgan fingerprint density at radius 3 is 2.29 bits per heavy atom. The highest BCUT2D eigenvalue weighted by Crippen LogP contribution is 2.75. The molecule has 0 N–H and O–H groups in total. The number of ether oxygens (including phenoxy) is 2. The van der Waals surface area contributed by atoms with E-state index in [0.29, 0.717) is 43.3 Å². The molecule has 5 heteroatoms. The lowest BCUT2D eigenvalue weighted by Gasteiger charge is -2.70. The molecule has 0 radical (unpaired) electrons. The number of carbonyl (C=O) groups is 3. The van der Waals surface area contributed by atoms with E-state index >= 15 is 0 Å². The van der Waals surface area contributed by atoms with Crippen LogP contribution in [0.5, 0.6) is 0 Å². The van der Waals surface area contributed by atoms with Gasteiger partial charge in [0, 0.05) is 17.8 Å². The summed E-state index contributed by atoms with van der Waals surface area (Å²) in [5.41, 5.74) is 0.359. The molecule has 0 spiro atoms. The third-order valence-corrected chi connectivity index (χ3v) is 14.2.